The van der Waals surface area contributed by atoms with Crippen molar-refractivity contribution in [3.05, 3.63) is 87.7 Å². The van der Waals surface area contributed by atoms with Gasteiger partial charge in [-0.1, -0.05) is 24.3 Å². The average Bonchev–Trinajstić information content (AvgIpc) is 3.21. The van der Waals surface area contributed by atoms with Crippen LogP contribution in [-0.4, -0.2) is 21.9 Å². The van der Waals surface area contributed by atoms with Crippen LogP contribution >= 0.6 is 0 Å². The Morgan fingerprint density at radius 2 is 1.90 bits per heavy atom. The number of benzene rings is 2. The number of nitro benzene ring substituents is 1. The van der Waals surface area contributed by atoms with E-state index < -0.39 is 16.8 Å². The lowest BCUT2D eigenvalue weighted by Gasteiger charge is -2.07. The molecule has 0 unspecified atom stereocenters. The first-order valence-electron chi connectivity index (χ1n) is 8.49. The number of carboxylic acid groups (broad SMARTS) is 1. The van der Waals surface area contributed by atoms with Gasteiger partial charge in [0.2, 0.25) is 0 Å². The zero-order valence-electron chi connectivity index (χ0n) is 15.2. The van der Waals surface area contributed by atoms with Crippen LogP contribution < -0.4 is 5.32 Å². The number of carbonyl (C=O) groups is 2. The lowest BCUT2D eigenvalue weighted by atomic mass is 10.1. The fourth-order valence-electron chi connectivity index (χ4n) is 2.62. The Balaban J connectivity index is 1.85. The third kappa shape index (κ3) is 4.40. The number of rotatable bonds is 6. The van der Waals surface area contributed by atoms with Gasteiger partial charge in [0, 0.05) is 23.8 Å². The Morgan fingerprint density at radius 3 is 2.60 bits per heavy atom. The molecule has 1 amide bonds. The molecule has 0 aliphatic rings. The van der Waals surface area contributed by atoms with Crippen molar-refractivity contribution in [1.29, 1.82) is 5.26 Å². The second-order valence-electron chi connectivity index (χ2n) is 5.98. The largest absolute Gasteiger partial charge is 0.478 e. The average molecular weight is 403 g/mol. The number of nitrogens with one attached hydrogen (secondary N) is 1. The smallest absolute Gasteiger partial charge is 0.337 e. The number of para-hydroxylation sites is 1. The van der Waals surface area contributed by atoms with Crippen LogP contribution in [0.2, 0.25) is 0 Å². The van der Waals surface area contributed by atoms with Gasteiger partial charge in [-0.15, -0.1) is 0 Å². The van der Waals surface area contributed by atoms with E-state index in [-0.39, 0.29) is 28.3 Å². The highest BCUT2D eigenvalue weighted by Gasteiger charge is 2.16. The molecule has 3 rings (SSSR count). The number of hydrogen-bond acceptors (Lipinski definition) is 6. The number of amides is 1. The Morgan fingerprint density at radius 1 is 1.13 bits per heavy atom. The molecule has 0 saturated heterocycles. The normalized spacial score (nSPS) is 10.8. The number of carbonyl (C=O) groups excluding carboxylic acids is 1. The first-order valence-corrected chi connectivity index (χ1v) is 8.49. The molecule has 9 nitrogen and oxygen atoms in total. The summed E-state index contributed by atoms with van der Waals surface area (Å²) in [6, 6.07) is 16.4. The summed E-state index contributed by atoms with van der Waals surface area (Å²) in [5.41, 5.74) is -0.0190. The van der Waals surface area contributed by atoms with E-state index in [0.717, 1.165) is 0 Å². The summed E-state index contributed by atoms with van der Waals surface area (Å²) < 4.78 is 5.57. The Labute approximate surface area is 169 Å². The van der Waals surface area contributed by atoms with Crippen LogP contribution in [0.4, 0.5) is 11.4 Å². The van der Waals surface area contributed by atoms with Gasteiger partial charge in [0.15, 0.2) is 0 Å². The number of non-ortho nitro benzene ring substituents is 1. The summed E-state index contributed by atoms with van der Waals surface area (Å²) in [5, 5.41) is 31.8. The fraction of sp³-hybridized carbons (Fsp3) is 0. The van der Waals surface area contributed by atoms with Gasteiger partial charge in [0.25, 0.3) is 11.6 Å². The summed E-state index contributed by atoms with van der Waals surface area (Å²) in [6.07, 6.45) is 1.19. The number of hydrogen-bond donors (Lipinski definition) is 2. The zero-order chi connectivity index (χ0) is 21.7. The predicted molar refractivity (Wildman–Crippen MR) is 106 cm³/mol. The topological polar surface area (TPSA) is 146 Å². The molecule has 0 bridgehead atoms. The summed E-state index contributed by atoms with van der Waals surface area (Å²) in [5.74, 6) is -1.53. The molecule has 3 aromatic rings. The van der Waals surface area contributed by atoms with E-state index in [1.54, 1.807) is 24.3 Å². The second-order valence-corrected chi connectivity index (χ2v) is 5.98. The number of anilines is 1. The van der Waals surface area contributed by atoms with Crippen LogP contribution in [0.15, 0.2) is 70.7 Å². The van der Waals surface area contributed by atoms with Crippen LogP contribution in [-0.2, 0) is 4.79 Å². The fourth-order valence-corrected chi connectivity index (χ4v) is 2.62. The molecule has 148 valence electrons. The minimum Gasteiger partial charge on any atom is -0.478 e. The molecule has 30 heavy (non-hydrogen) atoms. The van der Waals surface area contributed by atoms with Gasteiger partial charge in [0.05, 0.1) is 16.2 Å². The van der Waals surface area contributed by atoms with Crippen molar-refractivity contribution in [2.45, 2.75) is 0 Å². The lowest BCUT2D eigenvalue weighted by Crippen LogP contribution is -2.16. The van der Waals surface area contributed by atoms with Crippen LogP contribution in [0.25, 0.3) is 17.4 Å². The quantitative estimate of drug-likeness (QED) is 0.272. The van der Waals surface area contributed by atoms with Crippen LogP contribution in [0, 0.1) is 21.4 Å². The van der Waals surface area contributed by atoms with Gasteiger partial charge < -0.3 is 14.8 Å². The molecule has 0 radical (unpaired) electrons. The molecule has 2 N–H and O–H groups in total. The highest BCUT2D eigenvalue weighted by Crippen LogP contribution is 2.26. The van der Waals surface area contributed by atoms with Crippen LogP contribution in [0.5, 0.6) is 0 Å². The number of aromatic carboxylic acids is 1. The van der Waals surface area contributed by atoms with E-state index in [9.17, 15) is 30.1 Å². The number of nitriles is 1. The molecule has 0 aliphatic heterocycles. The molecule has 0 atom stereocenters. The number of carboxylic acids is 1. The van der Waals surface area contributed by atoms with E-state index in [2.05, 4.69) is 5.32 Å². The Bertz CT molecular complexity index is 1220. The van der Waals surface area contributed by atoms with Gasteiger partial charge >= 0.3 is 5.97 Å². The highest BCUT2D eigenvalue weighted by molar-refractivity contribution is 6.11. The van der Waals surface area contributed by atoms with Gasteiger partial charge in [-0.2, -0.15) is 5.26 Å². The number of furan rings is 1. The molecule has 1 aromatic heterocycles. The van der Waals surface area contributed by atoms with Gasteiger partial charge in [0.1, 0.15) is 23.2 Å². The van der Waals surface area contributed by atoms with Crippen LogP contribution in [0.1, 0.15) is 16.1 Å². The molecule has 0 fully saturated rings. The summed E-state index contributed by atoms with van der Waals surface area (Å²) >= 11 is 0. The zero-order valence-corrected chi connectivity index (χ0v) is 15.2. The maximum Gasteiger partial charge on any atom is 0.337 e. The summed E-state index contributed by atoms with van der Waals surface area (Å²) in [7, 11) is 0. The Hall–Kier alpha value is -4.71. The van der Waals surface area contributed by atoms with E-state index in [0.29, 0.717) is 11.3 Å². The molecular formula is C21H13N3O6. The van der Waals surface area contributed by atoms with E-state index in [1.807, 2.05) is 0 Å². The molecule has 1 heterocycles. The van der Waals surface area contributed by atoms with Gasteiger partial charge in [-0.3, -0.25) is 14.9 Å². The maximum atomic E-state index is 12.4. The number of nitro groups is 1. The van der Waals surface area contributed by atoms with Crippen molar-refractivity contribution in [1.82, 2.24) is 0 Å². The van der Waals surface area contributed by atoms with Crippen molar-refractivity contribution < 1.29 is 24.0 Å². The third-order valence-corrected chi connectivity index (χ3v) is 4.03. The second kappa shape index (κ2) is 8.53. The van der Waals surface area contributed by atoms with Crippen molar-refractivity contribution >= 4 is 29.3 Å². The number of nitrogens with zero attached hydrogens (tertiary/aromatic N) is 2. The SMILES string of the molecule is N#CC(=Cc1ccc(-c2cccc([N+](=O)[O-])c2)o1)C(=O)Nc1ccccc1C(=O)O. The predicted octanol–water partition coefficient (Wildman–Crippen LogP) is 4.10. The van der Waals surface area contributed by atoms with Crippen molar-refractivity contribution in [3.63, 3.8) is 0 Å². The monoisotopic (exact) mass is 403 g/mol. The molecule has 0 saturated carbocycles. The molecule has 0 aliphatic carbocycles. The molecular weight excluding hydrogens is 390 g/mol. The van der Waals surface area contributed by atoms with E-state index >= 15 is 0 Å². The summed E-state index contributed by atoms with van der Waals surface area (Å²) in [4.78, 5) is 34.0. The lowest BCUT2D eigenvalue weighted by molar-refractivity contribution is -0.384. The standard InChI is InChI=1S/C21H13N3O6/c22-12-14(20(25)23-18-7-2-1-6-17(18)21(26)27)11-16-8-9-19(30-16)13-4-3-5-15(10-13)24(28)29/h1-11H,(H,23,25)(H,26,27). The minimum absolute atomic E-state index is 0.0490. The summed E-state index contributed by atoms with van der Waals surface area (Å²) in [6.45, 7) is 0. The Kier molecular flexibility index (Phi) is 5.70. The minimum atomic E-state index is -1.22. The van der Waals surface area contributed by atoms with E-state index in [4.69, 9.17) is 4.42 Å². The highest BCUT2D eigenvalue weighted by atomic mass is 16.6. The van der Waals surface area contributed by atoms with Gasteiger partial charge in [-0.05, 0) is 24.3 Å². The van der Waals surface area contributed by atoms with Gasteiger partial charge in [-0.25, -0.2) is 4.79 Å². The van der Waals surface area contributed by atoms with E-state index in [1.165, 1.54) is 48.5 Å². The van der Waals surface area contributed by atoms with Crippen molar-refractivity contribution in [2.75, 3.05) is 5.32 Å². The third-order valence-electron chi connectivity index (χ3n) is 4.03. The maximum absolute atomic E-state index is 12.4. The first kappa shape index (κ1) is 20.0. The first-order chi connectivity index (χ1) is 14.4. The molecule has 2 aromatic carbocycles. The van der Waals surface area contributed by atoms with Crippen LogP contribution in [0.3, 0.4) is 0 Å². The van der Waals surface area contributed by atoms with Crippen molar-refractivity contribution in [3.8, 4) is 17.4 Å². The molecule has 0 spiro atoms. The molecule has 9 heteroatoms. The van der Waals surface area contributed by atoms with Crippen molar-refractivity contribution in [2.24, 2.45) is 0 Å².